The Labute approximate surface area is 126 Å². The highest BCUT2D eigenvalue weighted by molar-refractivity contribution is 6.01. The number of benzene rings is 1. The van der Waals surface area contributed by atoms with Crippen molar-refractivity contribution in [1.29, 1.82) is 0 Å². The van der Waals surface area contributed by atoms with Gasteiger partial charge in [-0.1, -0.05) is 0 Å². The SMILES string of the molecule is O=C1Cc2cnc(Nc3ccc(F)cc3)nc2N1C1CNC1. The maximum Gasteiger partial charge on any atom is 0.233 e. The molecule has 1 aromatic heterocycles. The van der Waals surface area contributed by atoms with E-state index < -0.39 is 0 Å². The zero-order chi connectivity index (χ0) is 15.1. The van der Waals surface area contributed by atoms with Gasteiger partial charge >= 0.3 is 0 Å². The first-order valence-electron chi connectivity index (χ1n) is 7.12. The van der Waals surface area contributed by atoms with Crippen molar-refractivity contribution in [3.63, 3.8) is 0 Å². The van der Waals surface area contributed by atoms with E-state index in [9.17, 15) is 9.18 Å². The first-order chi connectivity index (χ1) is 10.7. The first kappa shape index (κ1) is 13.1. The van der Waals surface area contributed by atoms with E-state index in [1.807, 2.05) is 0 Å². The molecule has 22 heavy (non-hydrogen) atoms. The zero-order valence-electron chi connectivity index (χ0n) is 11.7. The summed E-state index contributed by atoms with van der Waals surface area (Å²) in [5.41, 5.74) is 1.55. The van der Waals surface area contributed by atoms with E-state index in [0.29, 0.717) is 23.9 Å². The molecule has 7 heteroatoms. The van der Waals surface area contributed by atoms with Gasteiger partial charge in [-0.15, -0.1) is 0 Å². The summed E-state index contributed by atoms with van der Waals surface area (Å²) < 4.78 is 12.9. The van der Waals surface area contributed by atoms with Crippen LogP contribution in [0.15, 0.2) is 30.5 Å². The normalized spacial score (nSPS) is 17.3. The molecule has 0 bridgehead atoms. The Hall–Kier alpha value is -2.54. The molecule has 0 spiro atoms. The summed E-state index contributed by atoms with van der Waals surface area (Å²) in [6.07, 6.45) is 2.03. The Morgan fingerprint density at radius 3 is 2.73 bits per heavy atom. The summed E-state index contributed by atoms with van der Waals surface area (Å²) in [4.78, 5) is 22.6. The number of fused-ring (bicyclic) bond motifs is 1. The summed E-state index contributed by atoms with van der Waals surface area (Å²) in [5.74, 6) is 0.845. The minimum Gasteiger partial charge on any atom is -0.324 e. The van der Waals surface area contributed by atoms with Crippen LogP contribution in [0.4, 0.5) is 21.8 Å². The molecule has 0 radical (unpaired) electrons. The van der Waals surface area contributed by atoms with Crippen molar-refractivity contribution in [1.82, 2.24) is 15.3 Å². The molecule has 0 unspecified atom stereocenters. The quantitative estimate of drug-likeness (QED) is 0.892. The van der Waals surface area contributed by atoms with Crippen LogP contribution in [-0.2, 0) is 11.2 Å². The van der Waals surface area contributed by atoms with Gasteiger partial charge < -0.3 is 10.6 Å². The van der Waals surface area contributed by atoms with Crippen LogP contribution in [-0.4, -0.2) is 35.0 Å². The van der Waals surface area contributed by atoms with Crippen molar-refractivity contribution < 1.29 is 9.18 Å². The molecule has 0 atom stereocenters. The Balaban J connectivity index is 1.62. The predicted octanol–water partition coefficient (Wildman–Crippen LogP) is 1.22. The van der Waals surface area contributed by atoms with Crippen LogP contribution < -0.4 is 15.5 Å². The third-order valence-corrected chi connectivity index (χ3v) is 3.91. The molecule has 112 valence electrons. The molecule has 2 N–H and O–H groups in total. The molecule has 6 nitrogen and oxygen atoms in total. The van der Waals surface area contributed by atoms with Crippen LogP contribution in [0.1, 0.15) is 5.56 Å². The highest BCUT2D eigenvalue weighted by atomic mass is 19.1. The van der Waals surface area contributed by atoms with Crippen LogP contribution >= 0.6 is 0 Å². The van der Waals surface area contributed by atoms with Gasteiger partial charge in [-0.3, -0.25) is 9.69 Å². The number of nitrogens with one attached hydrogen (secondary N) is 2. The topological polar surface area (TPSA) is 70.2 Å². The monoisotopic (exact) mass is 299 g/mol. The molecule has 1 amide bonds. The summed E-state index contributed by atoms with van der Waals surface area (Å²) in [6, 6.07) is 6.13. The van der Waals surface area contributed by atoms with E-state index in [1.54, 1.807) is 23.2 Å². The van der Waals surface area contributed by atoms with Crippen LogP contribution in [0.2, 0.25) is 0 Å². The highest BCUT2D eigenvalue weighted by Gasteiger charge is 2.37. The molecule has 1 fully saturated rings. The minimum absolute atomic E-state index is 0.0646. The fourth-order valence-corrected chi connectivity index (χ4v) is 2.65. The lowest BCUT2D eigenvalue weighted by molar-refractivity contribution is -0.118. The number of amides is 1. The molecule has 1 saturated heterocycles. The third-order valence-electron chi connectivity index (χ3n) is 3.91. The van der Waals surface area contributed by atoms with E-state index >= 15 is 0 Å². The minimum atomic E-state index is -0.297. The Kier molecular flexibility index (Phi) is 3.00. The van der Waals surface area contributed by atoms with Crippen LogP contribution in [0, 0.1) is 5.82 Å². The van der Waals surface area contributed by atoms with Crippen molar-refractivity contribution in [2.75, 3.05) is 23.3 Å². The van der Waals surface area contributed by atoms with Crippen molar-refractivity contribution in [2.45, 2.75) is 12.5 Å². The number of anilines is 3. The Morgan fingerprint density at radius 2 is 2.05 bits per heavy atom. The average Bonchev–Trinajstić information content (AvgIpc) is 2.76. The largest absolute Gasteiger partial charge is 0.324 e. The molecular weight excluding hydrogens is 285 g/mol. The van der Waals surface area contributed by atoms with Crippen molar-refractivity contribution in [3.05, 3.63) is 41.8 Å². The van der Waals surface area contributed by atoms with Gasteiger partial charge in [0.2, 0.25) is 11.9 Å². The van der Waals surface area contributed by atoms with Gasteiger partial charge in [0, 0.05) is 30.5 Å². The zero-order valence-corrected chi connectivity index (χ0v) is 11.7. The number of aromatic nitrogens is 2. The van der Waals surface area contributed by atoms with Gasteiger partial charge in [-0.25, -0.2) is 9.37 Å². The second-order valence-corrected chi connectivity index (χ2v) is 5.43. The van der Waals surface area contributed by atoms with E-state index in [1.165, 1.54) is 12.1 Å². The molecule has 3 heterocycles. The molecule has 2 aliphatic heterocycles. The second-order valence-electron chi connectivity index (χ2n) is 5.43. The van der Waals surface area contributed by atoms with Gasteiger partial charge in [0.1, 0.15) is 11.6 Å². The summed E-state index contributed by atoms with van der Waals surface area (Å²) in [7, 11) is 0. The van der Waals surface area contributed by atoms with Crippen molar-refractivity contribution in [3.8, 4) is 0 Å². The fourth-order valence-electron chi connectivity index (χ4n) is 2.65. The number of halogens is 1. The lowest BCUT2D eigenvalue weighted by Crippen LogP contribution is -2.58. The summed E-state index contributed by atoms with van der Waals surface area (Å²) in [6.45, 7) is 1.58. The molecular formula is C15H14FN5O. The van der Waals surface area contributed by atoms with Gasteiger partial charge in [0.25, 0.3) is 0 Å². The van der Waals surface area contributed by atoms with E-state index in [2.05, 4.69) is 20.6 Å². The van der Waals surface area contributed by atoms with Crippen molar-refractivity contribution >= 4 is 23.4 Å². The van der Waals surface area contributed by atoms with Gasteiger partial charge in [-0.2, -0.15) is 4.98 Å². The first-order valence-corrected chi connectivity index (χ1v) is 7.12. The maximum atomic E-state index is 12.9. The number of rotatable bonds is 3. The Bertz CT molecular complexity index is 729. The number of carbonyl (C=O) groups excluding carboxylic acids is 1. The molecule has 2 aliphatic rings. The van der Waals surface area contributed by atoms with Crippen LogP contribution in [0.3, 0.4) is 0 Å². The van der Waals surface area contributed by atoms with E-state index in [0.717, 1.165) is 18.7 Å². The van der Waals surface area contributed by atoms with E-state index in [4.69, 9.17) is 0 Å². The number of hydrogen-bond donors (Lipinski definition) is 2. The van der Waals surface area contributed by atoms with Crippen LogP contribution in [0.5, 0.6) is 0 Å². The highest BCUT2D eigenvalue weighted by Crippen LogP contribution is 2.30. The summed E-state index contributed by atoms with van der Waals surface area (Å²) in [5, 5.41) is 6.19. The van der Waals surface area contributed by atoms with Crippen LogP contribution in [0.25, 0.3) is 0 Å². The fraction of sp³-hybridized carbons (Fsp3) is 0.267. The van der Waals surface area contributed by atoms with E-state index in [-0.39, 0.29) is 17.8 Å². The van der Waals surface area contributed by atoms with Gasteiger partial charge in [0.05, 0.1) is 12.5 Å². The number of nitrogens with zero attached hydrogens (tertiary/aromatic N) is 3. The van der Waals surface area contributed by atoms with Gasteiger partial charge in [-0.05, 0) is 24.3 Å². The molecule has 2 aromatic rings. The molecule has 0 aliphatic carbocycles. The Morgan fingerprint density at radius 1 is 1.27 bits per heavy atom. The van der Waals surface area contributed by atoms with Gasteiger partial charge in [0.15, 0.2) is 0 Å². The third kappa shape index (κ3) is 2.19. The average molecular weight is 299 g/mol. The molecule has 4 rings (SSSR count). The maximum absolute atomic E-state index is 12.9. The standard InChI is InChI=1S/C15H14FN5O/c16-10-1-3-11(4-2-10)19-15-18-6-9-5-13(22)21(14(9)20-15)12-7-17-8-12/h1-4,6,12,17H,5,7-8H2,(H,18,19,20). The van der Waals surface area contributed by atoms with Crippen molar-refractivity contribution in [2.24, 2.45) is 0 Å². The number of carbonyl (C=O) groups is 1. The lowest BCUT2D eigenvalue weighted by atomic mass is 10.1. The molecule has 0 saturated carbocycles. The second kappa shape index (κ2) is 5.03. The molecule has 1 aromatic carbocycles. The number of hydrogen-bond acceptors (Lipinski definition) is 5. The lowest BCUT2D eigenvalue weighted by Gasteiger charge is -2.35. The summed E-state index contributed by atoms with van der Waals surface area (Å²) >= 11 is 0. The smallest absolute Gasteiger partial charge is 0.233 e. The predicted molar refractivity (Wildman–Crippen MR) is 79.6 cm³/mol.